The molecule has 0 saturated carbocycles. The quantitative estimate of drug-likeness (QED) is 0.621. The first-order valence-corrected chi connectivity index (χ1v) is 7.67. The lowest BCUT2D eigenvalue weighted by atomic mass is 9.83. The van der Waals surface area contributed by atoms with Gasteiger partial charge in [0, 0.05) is 22.8 Å². The van der Waals surface area contributed by atoms with E-state index in [1.54, 1.807) is 6.08 Å². The second-order valence-electron chi connectivity index (χ2n) is 5.71. The van der Waals surface area contributed by atoms with Crippen molar-refractivity contribution in [2.24, 2.45) is 0 Å². The van der Waals surface area contributed by atoms with E-state index >= 15 is 0 Å². The van der Waals surface area contributed by atoms with Crippen molar-refractivity contribution in [2.75, 3.05) is 0 Å². The summed E-state index contributed by atoms with van der Waals surface area (Å²) in [6.07, 6.45) is 3.67. The number of halogens is 2. The van der Waals surface area contributed by atoms with Gasteiger partial charge < -0.3 is 4.74 Å². The molecule has 3 aromatic carbocycles. The van der Waals surface area contributed by atoms with Crippen molar-refractivity contribution in [3.8, 4) is 5.75 Å². The molecule has 0 radical (unpaired) electrons. The molecule has 24 heavy (non-hydrogen) atoms. The van der Waals surface area contributed by atoms with Crippen LogP contribution in [0.4, 0.5) is 8.78 Å². The van der Waals surface area contributed by atoms with E-state index in [0.717, 1.165) is 23.3 Å². The lowest BCUT2D eigenvalue weighted by molar-refractivity contribution is 0.160. The molecule has 3 heteroatoms. The molecule has 0 aliphatic carbocycles. The summed E-state index contributed by atoms with van der Waals surface area (Å²) in [5, 5.41) is 0. The van der Waals surface area contributed by atoms with Crippen molar-refractivity contribution < 1.29 is 13.5 Å². The van der Waals surface area contributed by atoms with Crippen LogP contribution in [0.5, 0.6) is 5.75 Å². The monoisotopic (exact) mass is 320 g/mol. The van der Waals surface area contributed by atoms with E-state index in [0.29, 0.717) is 11.3 Å². The molecule has 0 bridgehead atoms. The summed E-state index contributed by atoms with van der Waals surface area (Å²) in [6.45, 7) is 0. The molecule has 3 aromatic rings. The summed E-state index contributed by atoms with van der Waals surface area (Å²) in [4.78, 5) is 0. The average Bonchev–Trinajstić information content (AvgIpc) is 2.64. The third kappa shape index (κ3) is 2.29. The van der Waals surface area contributed by atoms with Crippen molar-refractivity contribution in [3.05, 3.63) is 107 Å². The third-order valence-corrected chi connectivity index (χ3v) is 4.23. The predicted octanol–water partition coefficient (Wildman–Crippen LogP) is 5.31. The van der Waals surface area contributed by atoms with Crippen LogP contribution in [0.3, 0.4) is 0 Å². The van der Waals surface area contributed by atoms with Crippen LogP contribution in [-0.4, -0.2) is 0 Å². The lowest BCUT2D eigenvalue weighted by Gasteiger charge is -2.36. The van der Waals surface area contributed by atoms with Gasteiger partial charge in [-0.2, -0.15) is 0 Å². The molecule has 0 spiro atoms. The second kappa shape index (κ2) is 5.60. The Labute approximate surface area is 138 Å². The van der Waals surface area contributed by atoms with Crippen molar-refractivity contribution in [2.45, 2.75) is 5.60 Å². The summed E-state index contributed by atoms with van der Waals surface area (Å²) < 4.78 is 33.4. The van der Waals surface area contributed by atoms with E-state index in [1.807, 2.05) is 66.7 Å². The number of fused-ring (bicyclic) bond motifs is 1. The highest BCUT2D eigenvalue weighted by molar-refractivity contribution is 5.64. The molecule has 0 amide bonds. The van der Waals surface area contributed by atoms with Crippen LogP contribution in [-0.2, 0) is 5.60 Å². The Balaban J connectivity index is 1.92. The fraction of sp³-hybridized carbons (Fsp3) is 0.0476. The largest absolute Gasteiger partial charge is 0.473 e. The molecule has 0 saturated heterocycles. The SMILES string of the molecule is Fc1cc2c(cc1F)OC(c1ccccc1)(c1ccccc1)C=C2. The number of ether oxygens (including phenoxy) is 1. The van der Waals surface area contributed by atoms with Crippen LogP contribution >= 0.6 is 0 Å². The van der Waals surface area contributed by atoms with E-state index < -0.39 is 17.2 Å². The van der Waals surface area contributed by atoms with Crippen LogP contribution in [0, 0.1) is 11.6 Å². The van der Waals surface area contributed by atoms with E-state index in [2.05, 4.69) is 0 Å². The summed E-state index contributed by atoms with van der Waals surface area (Å²) in [6, 6.07) is 21.7. The molecule has 0 atom stereocenters. The fourth-order valence-corrected chi connectivity index (χ4v) is 3.03. The summed E-state index contributed by atoms with van der Waals surface area (Å²) in [5.74, 6) is -1.47. The molecule has 1 heterocycles. The molecule has 4 rings (SSSR count). The van der Waals surface area contributed by atoms with Gasteiger partial charge in [0.1, 0.15) is 5.75 Å². The van der Waals surface area contributed by atoms with Crippen LogP contribution in [0.25, 0.3) is 6.08 Å². The number of hydrogen-bond acceptors (Lipinski definition) is 1. The van der Waals surface area contributed by atoms with Gasteiger partial charge in [0.2, 0.25) is 0 Å². The van der Waals surface area contributed by atoms with Crippen molar-refractivity contribution in [3.63, 3.8) is 0 Å². The minimum absolute atomic E-state index is 0.323. The van der Waals surface area contributed by atoms with Gasteiger partial charge in [0.25, 0.3) is 0 Å². The van der Waals surface area contributed by atoms with Gasteiger partial charge in [-0.3, -0.25) is 0 Å². The van der Waals surface area contributed by atoms with E-state index in [-0.39, 0.29) is 0 Å². The molecule has 0 N–H and O–H groups in total. The first kappa shape index (κ1) is 14.6. The average molecular weight is 320 g/mol. The second-order valence-corrected chi connectivity index (χ2v) is 5.71. The molecule has 1 aliphatic rings. The van der Waals surface area contributed by atoms with Gasteiger partial charge in [-0.25, -0.2) is 8.78 Å². The molecular weight excluding hydrogens is 306 g/mol. The Morgan fingerprint density at radius 3 is 1.83 bits per heavy atom. The van der Waals surface area contributed by atoms with Crippen molar-refractivity contribution >= 4 is 6.08 Å². The zero-order valence-corrected chi connectivity index (χ0v) is 12.7. The summed E-state index contributed by atoms with van der Waals surface area (Å²) in [5.41, 5.74) is 1.49. The standard InChI is InChI=1S/C21H14F2O/c22-18-13-15-11-12-21(16-7-3-1-4-8-16,17-9-5-2-6-10-17)24-20(15)14-19(18)23/h1-14H. The molecule has 0 unspecified atom stereocenters. The first-order chi connectivity index (χ1) is 11.7. The predicted molar refractivity (Wildman–Crippen MR) is 89.7 cm³/mol. The Kier molecular flexibility index (Phi) is 3.42. The lowest BCUT2D eigenvalue weighted by Crippen LogP contribution is -2.34. The molecule has 1 aliphatic heterocycles. The maximum absolute atomic E-state index is 13.7. The highest BCUT2D eigenvalue weighted by Gasteiger charge is 2.37. The van der Waals surface area contributed by atoms with E-state index in [1.165, 1.54) is 0 Å². The highest BCUT2D eigenvalue weighted by atomic mass is 19.2. The van der Waals surface area contributed by atoms with Crippen LogP contribution < -0.4 is 4.74 Å². The molecule has 1 nitrogen and oxygen atoms in total. The Hall–Kier alpha value is -2.94. The van der Waals surface area contributed by atoms with Gasteiger partial charge in [0.05, 0.1) is 0 Å². The zero-order chi connectivity index (χ0) is 16.6. The third-order valence-electron chi connectivity index (χ3n) is 4.23. The van der Waals surface area contributed by atoms with Gasteiger partial charge in [0.15, 0.2) is 17.2 Å². The summed E-state index contributed by atoms with van der Waals surface area (Å²) >= 11 is 0. The van der Waals surface area contributed by atoms with Gasteiger partial charge in [-0.05, 0) is 12.1 Å². The fourth-order valence-electron chi connectivity index (χ4n) is 3.03. The van der Waals surface area contributed by atoms with Gasteiger partial charge >= 0.3 is 0 Å². The van der Waals surface area contributed by atoms with Crippen molar-refractivity contribution in [1.29, 1.82) is 0 Å². The topological polar surface area (TPSA) is 9.23 Å². The zero-order valence-electron chi connectivity index (χ0n) is 12.7. The molecule has 118 valence electrons. The van der Waals surface area contributed by atoms with Crippen LogP contribution in [0.15, 0.2) is 78.9 Å². The van der Waals surface area contributed by atoms with Gasteiger partial charge in [-0.15, -0.1) is 0 Å². The van der Waals surface area contributed by atoms with Gasteiger partial charge in [-0.1, -0.05) is 66.7 Å². The van der Waals surface area contributed by atoms with E-state index in [4.69, 9.17) is 4.74 Å². The maximum Gasteiger partial charge on any atom is 0.178 e. The first-order valence-electron chi connectivity index (χ1n) is 7.67. The normalized spacial score (nSPS) is 14.8. The minimum Gasteiger partial charge on any atom is -0.473 e. The number of benzene rings is 3. The Morgan fingerprint density at radius 1 is 0.708 bits per heavy atom. The van der Waals surface area contributed by atoms with E-state index in [9.17, 15) is 8.78 Å². The van der Waals surface area contributed by atoms with Crippen molar-refractivity contribution in [1.82, 2.24) is 0 Å². The highest BCUT2D eigenvalue weighted by Crippen LogP contribution is 2.42. The number of rotatable bonds is 2. The minimum atomic E-state index is -0.918. The van der Waals surface area contributed by atoms with Crippen LogP contribution in [0.2, 0.25) is 0 Å². The molecule has 0 aromatic heterocycles. The number of hydrogen-bond donors (Lipinski definition) is 0. The molecular formula is C21H14F2O. The maximum atomic E-state index is 13.7. The smallest absolute Gasteiger partial charge is 0.178 e. The molecule has 0 fully saturated rings. The van der Waals surface area contributed by atoms with Crippen LogP contribution in [0.1, 0.15) is 16.7 Å². The Morgan fingerprint density at radius 2 is 1.25 bits per heavy atom. The summed E-state index contributed by atoms with van der Waals surface area (Å²) in [7, 11) is 0. The Bertz CT molecular complexity index is 862.